The third-order valence-corrected chi connectivity index (χ3v) is 12.3. The Morgan fingerprint density at radius 2 is 1.07 bits per heavy atom. The number of carbonyl (C=O) groups is 3. The maximum Gasteiger partial charge on any atom is 1.00 e. The summed E-state index contributed by atoms with van der Waals surface area (Å²) in [5.74, 6) is -7.57. The SMILES string of the molecule is CO[C@@H]1O[C@H](CO)[C@@H](O[C@@H]2O[C@H](CO)[C@H](O[C@@H]3O[C@H](CO)[C@H](O)[C@H](O[C@@H]4O[C@H](CO)[C@H](O)[C@H](O)[C@H]4O)[C@H]3NC(C)=O)[C@H](O[C@]3(C(=O)[O-])C[C@H](O)[C@@H](NC(C)=O)[C@H]([C@@H](O)[C@H](O)CO)O3)[C@H]2O)[C@H](O)[C@H]1O.[Na+]. The number of nitrogens with one attached hydrogen (secondary N) is 2. The summed E-state index contributed by atoms with van der Waals surface area (Å²) in [6, 6.07) is -3.61. The van der Waals surface area contributed by atoms with Crippen LogP contribution in [-0.4, -0.2) is 294 Å². The van der Waals surface area contributed by atoms with Crippen LogP contribution in [0.5, 0.6) is 0 Å². The molecule has 70 heavy (non-hydrogen) atoms. The number of aliphatic hydroxyl groups is 15. The maximum atomic E-state index is 13.3. The van der Waals surface area contributed by atoms with Gasteiger partial charge in [-0.3, -0.25) is 9.59 Å². The molecule has 0 aromatic carbocycles. The quantitative estimate of drug-likeness (QED) is 0.0534. The van der Waals surface area contributed by atoms with Gasteiger partial charge >= 0.3 is 29.6 Å². The van der Waals surface area contributed by atoms with Gasteiger partial charge in [-0.15, -0.1) is 0 Å². The second-order valence-corrected chi connectivity index (χ2v) is 17.0. The molecule has 0 aliphatic carbocycles. The van der Waals surface area contributed by atoms with Crippen molar-refractivity contribution < 1.29 is 173 Å². The molecule has 0 bridgehead atoms. The molecule has 0 radical (unpaired) electrons. The van der Waals surface area contributed by atoms with Gasteiger partial charge in [-0.25, -0.2) is 0 Å². The van der Waals surface area contributed by atoms with E-state index in [2.05, 4.69) is 10.6 Å². The zero-order chi connectivity index (χ0) is 51.4. The van der Waals surface area contributed by atoms with E-state index in [-0.39, 0.29) is 29.6 Å². The van der Waals surface area contributed by atoms with Crippen molar-refractivity contribution in [2.24, 2.45) is 0 Å². The van der Waals surface area contributed by atoms with Gasteiger partial charge in [0, 0.05) is 27.4 Å². The normalized spacial score (nSPS) is 45.4. The number of methoxy groups -OCH3 is 1. The van der Waals surface area contributed by atoms with Gasteiger partial charge in [0.2, 0.25) is 17.6 Å². The predicted molar refractivity (Wildman–Crippen MR) is 209 cm³/mol. The number of hydrogen-bond donors (Lipinski definition) is 17. The molecule has 5 aliphatic heterocycles. The molecule has 31 nitrogen and oxygen atoms in total. The Bertz CT molecular complexity index is 1680. The molecule has 5 saturated heterocycles. The summed E-state index contributed by atoms with van der Waals surface area (Å²) in [5.41, 5.74) is 0. The van der Waals surface area contributed by atoms with Crippen LogP contribution in [0.15, 0.2) is 0 Å². The van der Waals surface area contributed by atoms with Crippen molar-refractivity contribution in [1.29, 1.82) is 0 Å². The van der Waals surface area contributed by atoms with E-state index in [0.717, 1.165) is 21.0 Å². The number of aliphatic hydroxyl groups excluding tert-OH is 15. The number of hydrogen-bond acceptors (Lipinski definition) is 29. The summed E-state index contributed by atoms with van der Waals surface area (Å²) in [5, 5.41) is 178. The first kappa shape index (κ1) is 61.0. The molecule has 5 heterocycles. The molecule has 5 fully saturated rings. The maximum absolute atomic E-state index is 13.3. The van der Waals surface area contributed by atoms with Crippen LogP contribution in [-0.2, 0) is 61.8 Å². The Morgan fingerprint density at radius 3 is 1.61 bits per heavy atom. The molecule has 17 N–H and O–H groups in total. The minimum atomic E-state index is -3.42. The van der Waals surface area contributed by atoms with Gasteiger partial charge in [0.05, 0.1) is 45.2 Å². The minimum Gasteiger partial charge on any atom is -0.544 e. The zero-order valence-corrected chi connectivity index (χ0v) is 40.1. The number of aliphatic carboxylic acids is 1. The van der Waals surface area contributed by atoms with Crippen molar-refractivity contribution >= 4 is 17.8 Å². The van der Waals surface area contributed by atoms with E-state index in [0.29, 0.717) is 0 Å². The first-order valence-corrected chi connectivity index (χ1v) is 21.6. The van der Waals surface area contributed by atoms with Gasteiger partial charge in [0.1, 0.15) is 122 Å². The van der Waals surface area contributed by atoms with Crippen LogP contribution in [0.4, 0.5) is 0 Å². The van der Waals surface area contributed by atoms with Gasteiger partial charge in [-0.2, -0.15) is 0 Å². The predicted octanol–water partition coefficient (Wildman–Crippen LogP) is -16.1. The Balaban J connectivity index is 0.0000107. The molecular weight excluding hydrogens is 971 g/mol. The Kier molecular flexibility index (Phi) is 22.9. The molecule has 0 aromatic heterocycles. The molecular formula is C38H63N2NaO29. The number of carboxylic acids is 1. The Labute approximate surface area is 419 Å². The minimum absolute atomic E-state index is 0. The van der Waals surface area contributed by atoms with Gasteiger partial charge in [-0.05, 0) is 0 Å². The Hall–Kier alpha value is -1.59. The van der Waals surface area contributed by atoms with Gasteiger partial charge < -0.3 is 145 Å². The van der Waals surface area contributed by atoms with Crippen LogP contribution in [0.25, 0.3) is 0 Å². The van der Waals surface area contributed by atoms with Crippen LogP contribution in [0.2, 0.25) is 0 Å². The first-order chi connectivity index (χ1) is 32.5. The fraction of sp³-hybridized carbons (Fsp3) is 0.921. The molecule has 0 unspecified atom stereocenters. The van der Waals surface area contributed by atoms with Crippen molar-refractivity contribution in [2.45, 2.75) is 179 Å². The molecule has 0 saturated carbocycles. The van der Waals surface area contributed by atoms with Crippen LogP contribution in [0, 0.1) is 0 Å². The summed E-state index contributed by atoms with van der Waals surface area (Å²) in [4.78, 5) is 38.3. The van der Waals surface area contributed by atoms with E-state index < -0.39 is 216 Å². The first-order valence-electron chi connectivity index (χ1n) is 21.6. The molecule has 32 heteroatoms. The van der Waals surface area contributed by atoms with E-state index in [1.54, 1.807) is 0 Å². The topological polar surface area (TPSA) is 494 Å². The molecule has 0 aromatic rings. The number of amides is 2. The second kappa shape index (κ2) is 26.3. The van der Waals surface area contributed by atoms with Crippen molar-refractivity contribution in [3.05, 3.63) is 0 Å². The number of rotatable bonds is 19. The summed E-state index contributed by atoms with van der Waals surface area (Å²) in [7, 11) is 1.10. The van der Waals surface area contributed by atoms with Crippen molar-refractivity contribution in [1.82, 2.24) is 10.6 Å². The molecule has 5 rings (SSSR count). The average molecular weight is 1030 g/mol. The molecule has 26 atom stereocenters. The van der Waals surface area contributed by atoms with E-state index in [4.69, 9.17) is 47.4 Å². The molecule has 2 amide bonds. The smallest absolute Gasteiger partial charge is 0.544 e. The van der Waals surface area contributed by atoms with Gasteiger partial charge in [0.15, 0.2) is 25.2 Å². The van der Waals surface area contributed by atoms with E-state index in [9.17, 15) is 96.1 Å². The Morgan fingerprint density at radius 1 is 0.600 bits per heavy atom. The van der Waals surface area contributed by atoms with Crippen LogP contribution in [0.3, 0.4) is 0 Å². The molecule has 5 aliphatic rings. The summed E-state index contributed by atoms with van der Waals surface area (Å²) < 4.78 is 57.1. The average Bonchev–Trinajstić information content (AvgIpc) is 3.31. The number of carbonyl (C=O) groups excluding carboxylic acids is 3. The second-order valence-electron chi connectivity index (χ2n) is 17.0. The van der Waals surface area contributed by atoms with Crippen molar-refractivity contribution in [3.8, 4) is 0 Å². The van der Waals surface area contributed by atoms with E-state index >= 15 is 0 Å². The van der Waals surface area contributed by atoms with E-state index in [1.807, 2.05) is 0 Å². The van der Waals surface area contributed by atoms with Gasteiger partial charge in [0.25, 0.3) is 0 Å². The van der Waals surface area contributed by atoms with Crippen LogP contribution >= 0.6 is 0 Å². The zero-order valence-electron chi connectivity index (χ0n) is 38.1. The molecule has 0 spiro atoms. The fourth-order valence-corrected chi connectivity index (χ4v) is 8.71. The van der Waals surface area contributed by atoms with Crippen LogP contribution in [0.1, 0.15) is 20.3 Å². The summed E-state index contributed by atoms with van der Waals surface area (Å²) in [6.07, 6.45) is -47.6. The largest absolute Gasteiger partial charge is 1.00 e. The van der Waals surface area contributed by atoms with Crippen molar-refractivity contribution in [2.75, 3.05) is 40.1 Å². The monoisotopic (exact) mass is 1030 g/mol. The number of carboxylic acid groups (broad SMARTS) is 1. The summed E-state index contributed by atoms with van der Waals surface area (Å²) in [6.45, 7) is -3.40. The summed E-state index contributed by atoms with van der Waals surface area (Å²) >= 11 is 0. The fourth-order valence-electron chi connectivity index (χ4n) is 8.71. The number of ether oxygens (including phenoxy) is 10. The molecule has 400 valence electrons. The van der Waals surface area contributed by atoms with Crippen LogP contribution < -0.4 is 45.3 Å². The van der Waals surface area contributed by atoms with Crippen molar-refractivity contribution in [3.63, 3.8) is 0 Å². The third-order valence-electron chi connectivity index (χ3n) is 12.3. The van der Waals surface area contributed by atoms with Gasteiger partial charge in [-0.1, -0.05) is 0 Å². The van der Waals surface area contributed by atoms with E-state index in [1.165, 1.54) is 0 Å². The third kappa shape index (κ3) is 13.1. The standard InChI is InChI=1S/C38H64N2O29.Na/c1-10(46)39-18-12(48)4-38(37(58)59,68-31(18)20(50)13(49)5-41)69-32-27(57)36(65-28-16(8-44)63-34(60-3)26(56)24(28)54)64-17(9-45)29(32)66-33-19(40-11(2)47)30(22(52)15(7-43)61-33)67-35-25(55)23(53)21(51)14(6-42)62-35;/h12-36,41-45,48-57H,4-9H2,1-3H3,(H,39,46)(H,40,47)(H,58,59);/q;+1/p-1/t12-,13+,14+,15+,16+,17+,18+,19+,20-,21-,22-,23-,24+,25+,26+,27+,28+,29-,30+,31+,32+,33-,34+,35-,36-,38-;/m0./s1.